The molecule has 0 radical (unpaired) electrons. The Morgan fingerprint density at radius 1 is 0.682 bits per heavy atom. The van der Waals surface area contributed by atoms with Crippen molar-refractivity contribution in [3.63, 3.8) is 0 Å². The topological polar surface area (TPSA) is 122 Å². The summed E-state index contributed by atoms with van der Waals surface area (Å²) >= 11 is -2.34. The van der Waals surface area contributed by atoms with E-state index in [9.17, 15) is 13.8 Å². The fourth-order valence-electron chi connectivity index (χ4n) is 1.79. The second-order valence-electron chi connectivity index (χ2n) is 5.02. The molecule has 4 N–H and O–H groups in total. The number of nitrogens with two attached hydrogens (primary N) is 2. The minimum atomic E-state index is -2.34. The largest absolute Gasteiger partial charge is 0.422 e. The van der Waals surface area contributed by atoms with Crippen LogP contribution in [0.15, 0.2) is 0 Å². The summed E-state index contributed by atoms with van der Waals surface area (Å²) in [7, 11) is 0. The minimum Gasteiger partial charge on any atom is -0.334 e. The Hall–Kier alpha value is -0.990. The quantitative estimate of drug-likeness (QED) is 0.461. The summed E-state index contributed by atoms with van der Waals surface area (Å²) in [5.41, 5.74) is 10.7. The van der Waals surface area contributed by atoms with E-state index < -0.39 is 23.3 Å². The summed E-state index contributed by atoms with van der Waals surface area (Å²) in [5, 5.41) is 0. The molecule has 0 fully saturated rings. The molecule has 130 valence electrons. The van der Waals surface area contributed by atoms with Crippen LogP contribution in [0.5, 0.6) is 0 Å². The van der Waals surface area contributed by atoms with Crippen LogP contribution in [0.25, 0.3) is 0 Å². The number of rotatable bonds is 14. The summed E-state index contributed by atoms with van der Waals surface area (Å²) < 4.78 is 20.4. The summed E-state index contributed by atoms with van der Waals surface area (Å²) in [6.45, 7) is 1.27. The molecule has 22 heavy (non-hydrogen) atoms. The average Bonchev–Trinajstić information content (AvgIpc) is 2.46. The zero-order valence-electron chi connectivity index (χ0n) is 13.1. The molecule has 7 nitrogen and oxygen atoms in total. The van der Waals surface area contributed by atoms with Crippen molar-refractivity contribution in [2.45, 2.75) is 64.2 Å². The Balaban J connectivity index is 3.61. The number of hydrogen-bond acceptors (Lipinski definition) is 7. The van der Waals surface area contributed by atoms with E-state index in [2.05, 4.69) is 8.37 Å². The predicted molar refractivity (Wildman–Crippen MR) is 84.6 cm³/mol. The second-order valence-corrected chi connectivity index (χ2v) is 5.76. The molecule has 0 heterocycles. The van der Waals surface area contributed by atoms with Gasteiger partial charge in [0.05, 0.1) is 0 Å². The molecule has 0 saturated heterocycles. The zero-order valence-corrected chi connectivity index (χ0v) is 13.9. The third-order valence-electron chi connectivity index (χ3n) is 2.99. The predicted octanol–water partition coefficient (Wildman–Crippen LogP) is 1.47. The van der Waals surface area contributed by atoms with Crippen molar-refractivity contribution in [1.82, 2.24) is 0 Å². The Labute approximate surface area is 135 Å². The maximum atomic E-state index is 11.4. The molecule has 0 spiro atoms. The van der Waals surface area contributed by atoms with Gasteiger partial charge in [-0.1, -0.05) is 25.7 Å². The Kier molecular flexibility index (Phi) is 14.3. The summed E-state index contributed by atoms with van der Waals surface area (Å²) in [5.74, 6) is -1.25. The van der Waals surface area contributed by atoms with Crippen LogP contribution in [-0.2, 0) is 29.3 Å². The van der Waals surface area contributed by atoms with Crippen LogP contribution in [-0.4, -0.2) is 29.2 Å². The van der Waals surface area contributed by atoms with Crippen molar-refractivity contribution in [3.05, 3.63) is 0 Å². The molecule has 0 amide bonds. The highest BCUT2D eigenvalue weighted by molar-refractivity contribution is 7.76. The van der Waals surface area contributed by atoms with Crippen molar-refractivity contribution < 1.29 is 22.2 Å². The molecule has 0 atom stereocenters. The molecule has 0 aliphatic carbocycles. The lowest BCUT2D eigenvalue weighted by atomic mass is 10.1. The molecular weight excluding hydrogens is 308 g/mol. The van der Waals surface area contributed by atoms with Crippen molar-refractivity contribution in [1.29, 1.82) is 0 Å². The van der Waals surface area contributed by atoms with Gasteiger partial charge in [0.1, 0.15) is 0 Å². The van der Waals surface area contributed by atoms with Gasteiger partial charge in [-0.25, -0.2) is 0 Å². The fraction of sp³-hybridized carbons (Fsp3) is 0.857. The van der Waals surface area contributed by atoms with Crippen LogP contribution >= 0.6 is 0 Å². The van der Waals surface area contributed by atoms with Crippen molar-refractivity contribution in [3.8, 4) is 0 Å². The Bertz CT molecular complexity index is 309. The molecule has 0 aromatic carbocycles. The first-order valence-electron chi connectivity index (χ1n) is 7.84. The number of hydrogen-bond donors (Lipinski definition) is 2. The van der Waals surface area contributed by atoms with E-state index >= 15 is 0 Å². The van der Waals surface area contributed by atoms with Crippen LogP contribution in [0, 0.1) is 0 Å². The maximum Gasteiger partial charge on any atom is 0.422 e. The highest BCUT2D eigenvalue weighted by Crippen LogP contribution is 2.07. The van der Waals surface area contributed by atoms with Gasteiger partial charge < -0.3 is 19.8 Å². The lowest BCUT2D eigenvalue weighted by molar-refractivity contribution is -0.137. The van der Waals surface area contributed by atoms with Crippen LogP contribution < -0.4 is 11.5 Å². The number of carbonyl (C=O) groups is 2. The smallest absolute Gasteiger partial charge is 0.334 e. The maximum absolute atomic E-state index is 11.4. The number of unbranched alkanes of at least 4 members (excludes halogenated alkanes) is 6. The molecule has 0 aromatic heterocycles. The zero-order chi connectivity index (χ0) is 16.6. The molecule has 8 heteroatoms. The first kappa shape index (κ1) is 21.0. The van der Waals surface area contributed by atoms with Gasteiger partial charge in [0.2, 0.25) is 0 Å². The van der Waals surface area contributed by atoms with Gasteiger partial charge in [0.15, 0.2) is 0 Å². The van der Waals surface area contributed by atoms with E-state index in [1.165, 1.54) is 0 Å². The first-order chi connectivity index (χ1) is 10.6. The standard InChI is InChI=1S/C14H28N2O5S/c15-11-7-3-1-5-9-13(17)20-22(19)21-14(18)10-6-2-4-8-12-16/h1-12,15-16H2. The number of carbonyl (C=O) groups excluding carboxylic acids is 2. The van der Waals surface area contributed by atoms with E-state index in [1.54, 1.807) is 0 Å². The Morgan fingerprint density at radius 3 is 1.41 bits per heavy atom. The van der Waals surface area contributed by atoms with Crippen LogP contribution in [0.2, 0.25) is 0 Å². The van der Waals surface area contributed by atoms with E-state index in [-0.39, 0.29) is 12.8 Å². The molecular formula is C14H28N2O5S. The molecule has 0 saturated carbocycles. The third-order valence-corrected chi connectivity index (χ3v) is 3.64. The van der Waals surface area contributed by atoms with Crippen molar-refractivity contribution in [2.75, 3.05) is 13.1 Å². The lowest BCUT2D eigenvalue weighted by Crippen LogP contribution is -2.13. The third kappa shape index (κ3) is 14.0. The summed E-state index contributed by atoms with van der Waals surface area (Å²) in [6, 6.07) is 0. The molecule has 0 aliphatic heterocycles. The normalized spacial score (nSPS) is 10.7. The molecule has 0 aromatic rings. The van der Waals surface area contributed by atoms with Gasteiger partial charge in [0.25, 0.3) is 0 Å². The SMILES string of the molecule is NCCCCCCC(=O)OS(=O)OC(=O)CCCCCCN. The van der Waals surface area contributed by atoms with E-state index in [1.807, 2.05) is 0 Å². The van der Waals surface area contributed by atoms with E-state index in [0.717, 1.165) is 38.5 Å². The first-order valence-corrected chi connectivity index (χ1v) is 8.84. The van der Waals surface area contributed by atoms with Gasteiger partial charge in [-0.15, -0.1) is 0 Å². The molecule has 0 aliphatic rings. The van der Waals surface area contributed by atoms with Crippen LogP contribution in [0.3, 0.4) is 0 Å². The van der Waals surface area contributed by atoms with Gasteiger partial charge in [0, 0.05) is 12.8 Å². The molecule has 0 bridgehead atoms. The van der Waals surface area contributed by atoms with Gasteiger partial charge >= 0.3 is 23.3 Å². The molecule has 0 rings (SSSR count). The average molecular weight is 336 g/mol. The van der Waals surface area contributed by atoms with E-state index in [4.69, 9.17) is 11.5 Å². The van der Waals surface area contributed by atoms with Gasteiger partial charge in [-0.2, -0.15) is 4.21 Å². The van der Waals surface area contributed by atoms with E-state index in [0.29, 0.717) is 25.9 Å². The van der Waals surface area contributed by atoms with Gasteiger partial charge in [-0.3, -0.25) is 9.59 Å². The highest BCUT2D eigenvalue weighted by Gasteiger charge is 2.14. The molecule has 0 unspecified atom stereocenters. The second kappa shape index (κ2) is 14.9. The van der Waals surface area contributed by atoms with Crippen LogP contribution in [0.1, 0.15) is 64.2 Å². The van der Waals surface area contributed by atoms with Crippen LogP contribution in [0.4, 0.5) is 0 Å². The van der Waals surface area contributed by atoms with Gasteiger partial charge in [-0.05, 0) is 38.8 Å². The highest BCUT2D eigenvalue weighted by atomic mass is 32.2. The fourth-order valence-corrected chi connectivity index (χ4v) is 2.29. The Morgan fingerprint density at radius 2 is 1.05 bits per heavy atom. The monoisotopic (exact) mass is 336 g/mol. The van der Waals surface area contributed by atoms with Crippen molar-refractivity contribution >= 4 is 23.3 Å². The summed E-state index contributed by atoms with van der Waals surface area (Å²) in [6.07, 6.45) is 7.07. The summed E-state index contributed by atoms with van der Waals surface area (Å²) in [4.78, 5) is 22.7. The minimum absolute atomic E-state index is 0.160. The van der Waals surface area contributed by atoms with Crippen molar-refractivity contribution in [2.24, 2.45) is 11.5 Å². The lowest BCUT2D eigenvalue weighted by Gasteiger charge is -2.04.